The third-order valence-corrected chi connectivity index (χ3v) is 4.12. The highest BCUT2D eigenvalue weighted by atomic mass is 35.5. The van der Waals surface area contributed by atoms with Gasteiger partial charge in [0, 0.05) is 16.0 Å². The van der Waals surface area contributed by atoms with Crippen molar-refractivity contribution in [2.75, 3.05) is 5.43 Å². The molecule has 1 aromatic heterocycles. The molecular formula is C17H12ClF2N3OS. The second kappa shape index (κ2) is 8.04. The van der Waals surface area contributed by atoms with Gasteiger partial charge in [-0.15, -0.1) is 11.3 Å². The van der Waals surface area contributed by atoms with Crippen LogP contribution in [-0.4, -0.2) is 17.8 Å². The Labute approximate surface area is 151 Å². The normalized spacial score (nSPS) is 11.2. The lowest BCUT2D eigenvalue weighted by molar-refractivity contribution is -0.0498. The lowest BCUT2D eigenvalue weighted by Crippen LogP contribution is -2.01. The van der Waals surface area contributed by atoms with Gasteiger partial charge in [0.05, 0.1) is 11.9 Å². The highest BCUT2D eigenvalue weighted by Gasteiger charge is 2.04. The van der Waals surface area contributed by atoms with Gasteiger partial charge in [-0.05, 0) is 42.0 Å². The molecule has 1 N–H and O–H groups in total. The van der Waals surface area contributed by atoms with Gasteiger partial charge in [-0.25, -0.2) is 4.98 Å². The van der Waals surface area contributed by atoms with Gasteiger partial charge in [0.25, 0.3) is 0 Å². The Morgan fingerprint density at radius 1 is 1.12 bits per heavy atom. The summed E-state index contributed by atoms with van der Waals surface area (Å²) in [5.74, 6) is 0.104. The summed E-state index contributed by atoms with van der Waals surface area (Å²) in [6.07, 6.45) is 1.56. The Morgan fingerprint density at radius 2 is 1.84 bits per heavy atom. The Morgan fingerprint density at radius 3 is 2.52 bits per heavy atom. The fraction of sp³-hybridized carbons (Fsp3) is 0.0588. The molecule has 4 nitrogen and oxygen atoms in total. The molecule has 0 aliphatic heterocycles. The number of nitrogens with one attached hydrogen (secondary N) is 1. The number of benzene rings is 2. The molecule has 0 spiro atoms. The van der Waals surface area contributed by atoms with E-state index in [9.17, 15) is 8.78 Å². The largest absolute Gasteiger partial charge is 0.435 e. The number of hydrazone groups is 1. The van der Waals surface area contributed by atoms with Crippen LogP contribution in [0.5, 0.6) is 5.75 Å². The molecule has 0 saturated carbocycles. The zero-order valence-corrected chi connectivity index (χ0v) is 14.3. The second-order valence-electron chi connectivity index (χ2n) is 4.86. The zero-order valence-electron chi connectivity index (χ0n) is 12.7. The number of hydrogen-bond acceptors (Lipinski definition) is 5. The zero-order chi connectivity index (χ0) is 17.6. The second-order valence-corrected chi connectivity index (χ2v) is 6.16. The Kier molecular flexibility index (Phi) is 5.57. The first kappa shape index (κ1) is 17.3. The molecule has 128 valence electrons. The van der Waals surface area contributed by atoms with Crippen LogP contribution in [0.1, 0.15) is 5.56 Å². The lowest BCUT2D eigenvalue weighted by atomic mass is 10.2. The van der Waals surface area contributed by atoms with Crippen LogP contribution in [0.25, 0.3) is 11.3 Å². The van der Waals surface area contributed by atoms with Crippen LogP contribution in [0, 0.1) is 0 Å². The topological polar surface area (TPSA) is 46.5 Å². The third kappa shape index (κ3) is 4.98. The van der Waals surface area contributed by atoms with E-state index in [1.807, 2.05) is 29.6 Å². The molecule has 1 heterocycles. The van der Waals surface area contributed by atoms with Crippen LogP contribution in [0.4, 0.5) is 13.9 Å². The van der Waals surface area contributed by atoms with E-state index < -0.39 is 6.61 Å². The summed E-state index contributed by atoms with van der Waals surface area (Å²) in [5, 5.41) is 7.31. The van der Waals surface area contributed by atoms with Gasteiger partial charge in [-0.2, -0.15) is 13.9 Å². The minimum Gasteiger partial charge on any atom is -0.435 e. The van der Waals surface area contributed by atoms with Crippen LogP contribution >= 0.6 is 22.9 Å². The van der Waals surface area contributed by atoms with Crippen molar-refractivity contribution in [3.63, 3.8) is 0 Å². The minimum atomic E-state index is -2.83. The van der Waals surface area contributed by atoms with Crippen molar-refractivity contribution in [1.29, 1.82) is 0 Å². The predicted octanol–water partition coefficient (Wildman–Crippen LogP) is 5.51. The first-order valence-corrected chi connectivity index (χ1v) is 8.41. The average molecular weight is 380 g/mol. The van der Waals surface area contributed by atoms with Gasteiger partial charge in [0.15, 0.2) is 0 Å². The number of anilines is 1. The van der Waals surface area contributed by atoms with Crippen LogP contribution in [0.3, 0.4) is 0 Å². The molecule has 3 rings (SSSR count). The van der Waals surface area contributed by atoms with Gasteiger partial charge in [0.1, 0.15) is 5.75 Å². The van der Waals surface area contributed by atoms with Gasteiger partial charge in [0.2, 0.25) is 5.13 Å². The lowest BCUT2D eigenvalue weighted by Gasteiger charge is -2.03. The van der Waals surface area contributed by atoms with E-state index in [1.54, 1.807) is 18.3 Å². The van der Waals surface area contributed by atoms with Crippen molar-refractivity contribution in [2.45, 2.75) is 6.61 Å². The molecule has 0 fully saturated rings. The first-order chi connectivity index (χ1) is 12.1. The summed E-state index contributed by atoms with van der Waals surface area (Å²) >= 11 is 7.29. The number of alkyl halides is 2. The molecule has 25 heavy (non-hydrogen) atoms. The number of aromatic nitrogens is 1. The van der Waals surface area contributed by atoms with Gasteiger partial charge in [-0.1, -0.05) is 23.7 Å². The highest BCUT2D eigenvalue weighted by molar-refractivity contribution is 7.14. The van der Waals surface area contributed by atoms with Crippen molar-refractivity contribution >= 4 is 34.3 Å². The van der Waals surface area contributed by atoms with Gasteiger partial charge >= 0.3 is 6.61 Å². The number of rotatable bonds is 6. The molecule has 0 amide bonds. The van der Waals surface area contributed by atoms with Crippen LogP contribution in [0.15, 0.2) is 59.0 Å². The monoisotopic (exact) mass is 379 g/mol. The summed E-state index contributed by atoms with van der Waals surface area (Å²) in [6, 6.07) is 13.6. The predicted molar refractivity (Wildman–Crippen MR) is 96.9 cm³/mol. The molecule has 3 aromatic rings. The minimum absolute atomic E-state index is 0.104. The van der Waals surface area contributed by atoms with E-state index in [-0.39, 0.29) is 5.75 Å². The molecule has 0 saturated heterocycles. The van der Waals surface area contributed by atoms with Crippen LogP contribution < -0.4 is 10.2 Å². The maximum atomic E-state index is 12.1. The maximum Gasteiger partial charge on any atom is 0.387 e. The van der Waals surface area contributed by atoms with E-state index in [1.165, 1.54) is 23.5 Å². The van der Waals surface area contributed by atoms with E-state index in [4.69, 9.17) is 11.6 Å². The number of nitrogens with zero attached hydrogens (tertiary/aromatic N) is 2. The maximum absolute atomic E-state index is 12.1. The number of ether oxygens (including phenoxy) is 1. The van der Waals surface area contributed by atoms with Crippen molar-refractivity contribution in [1.82, 2.24) is 4.98 Å². The summed E-state index contributed by atoms with van der Waals surface area (Å²) in [7, 11) is 0. The molecule has 0 unspecified atom stereocenters. The molecule has 0 aliphatic carbocycles. The van der Waals surface area contributed by atoms with Crippen molar-refractivity contribution in [3.05, 3.63) is 64.5 Å². The molecule has 8 heteroatoms. The Bertz CT molecular complexity index is 851. The van der Waals surface area contributed by atoms with Crippen LogP contribution in [0.2, 0.25) is 5.02 Å². The van der Waals surface area contributed by atoms with Crippen molar-refractivity contribution in [3.8, 4) is 17.0 Å². The SMILES string of the molecule is FC(F)Oc1ccc(/C=N\Nc2nc(-c3ccc(Cl)cc3)cs2)cc1. The third-order valence-electron chi connectivity index (χ3n) is 3.12. The standard InChI is InChI=1S/C17H12ClF2N3OS/c18-13-5-3-12(4-6-13)15-10-25-17(22-15)23-21-9-11-1-7-14(8-2-11)24-16(19)20/h1-10,16H,(H,22,23)/b21-9-. The fourth-order valence-electron chi connectivity index (χ4n) is 1.98. The summed E-state index contributed by atoms with van der Waals surface area (Å²) < 4.78 is 28.5. The van der Waals surface area contributed by atoms with Crippen LogP contribution in [-0.2, 0) is 0 Å². The molecule has 0 radical (unpaired) electrons. The summed E-state index contributed by atoms with van der Waals surface area (Å²) in [4.78, 5) is 4.44. The number of halogens is 3. The first-order valence-electron chi connectivity index (χ1n) is 7.15. The van der Waals surface area contributed by atoms with E-state index in [2.05, 4.69) is 20.2 Å². The molecule has 0 atom stereocenters. The van der Waals surface area contributed by atoms with E-state index in [0.717, 1.165) is 16.8 Å². The number of thiazole rings is 1. The quantitative estimate of drug-likeness (QED) is 0.453. The molecule has 0 bridgehead atoms. The highest BCUT2D eigenvalue weighted by Crippen LogP contribution is 2.25. The molecule has 2 aromatic carbocycles. The summed E-state index contributed by atoms with van der Waals surface area (Å²) in [5.41, 5.74) is 5.37. The smallest absolute Gasteiger partial charge is 0.387 e. The van der Waals surface area contributed by atoms with E-state index >= 15 is 0 Å². The van der Waals surface area contributed by atoms with Crippen molar-refractivity contribution < 1.29 is 13.5 Å². The van der Waals surface area contributed by atoms with Gasteiger partial charge in [-0.3, -0.25) is 5.43 Å². The summed E-state index contributed by atoms with van der Waals surface area (Å²) in [6.45, 7) is -2.83. The molecule has 0 aliphatic rings. The van der Waals surface area contributed by atoms with Crippen molar-refractivity contribution in [2.24, 2.45) is 5.10 Å². The Balaban J connectivity index is 1.60. The number of hydrogen-bond donors (Lipinski definition) is 1. The average Bonchev–Trinajstić information content (AvgIpc) is 3.05. The molecular weight excluding hydrogens is 368 g/mol. The fourth-order valence-corrected chi connectivity index (χ4v) is 2.77. The Hall–Kier alpha value is -2.51. The van der Waals surface area contributed by atoms with Gasteiger partial charge < -0.3 is 4.74 Å². The van der Waals surface area contributed by atoms with E-state index in [0.29, 0.717) is 10.2 Å².